The number of hydrogen-bond acceptors (Lipinski definition) is 7. The lowest BCUT2D eigenvalue weighted by atomic mass is 9.80. The Labute approximate surface area is 230 Å². The van der Waals surface area contributed by atoms with Gasteiger partial charge in [-0.1, -0.05) is 19.3 Å². The first-order chi connectivity index (χ1) is 17.0. The third-order valence-electron chi connectivity index (χ3n) is 8.01. The minimum atomic E-state index is -0.0889. The Bertz CT molecular complexity index is 1230. The Morgan fingerprint density at radius 3 is 2.43 bits per heavy atom. The van der Waals surface area contributed by atoms with Gasteiger partial charge in [0.1, 0.15) is 17.2 Å². The molecule has 2 fully saturated rings. The van der Waals surface area contributed by atoms with Gasteiger partial charge in [0, 0.05) is 50.3 Å². The number of hydrogen-bond donors (Lipinski definition) is 2. The van der Waals surface area contributed by atoms with Crippen LogP contribution in [0.1, 0.15) is 56.4 Å². The quantitative estimate of drug-likeness (QED) is 0.502. The summed E-state index contributed by atoms with van der Waals surface area (Å²) in [4.78, 5) is 31.6. The largest absolute Gasteiger partial charge is 0.368 e. The van der Waals surface area contributed by atoms with Crippen molar-refractivity contribution >= 4 is 59.2 Å². The van der Waals surface area contributed by atoms with Crippen LogP contribution in [0.25, 0.3) is 11.0 Å². The van der Waals surface area contributed by atoms with E-state index >= 15 is 0 Å². The molecule has 2 aliphatic heterocycles. The van der Waals surface area contributed by atoms with Crippen LogP contribution in [0.4, 0.5) is 17.5 Å². The van der Waals surface area contributed by atoms with Gasteiger partial charge in [0.05, 0.1) is 17.4 Å². The first kappa shape index (κ1) is 27.4. The lowest BCUT2D eigenvalue weighted by Crippen LogP contribution is -2.52. The number of rotatable bonds is 4. The summed E-state index contributed by atoms with van der Waals surface area (Å²) in [5.41, 5.74) is 2.57. The van der Waals surface area contributed by atoms with Gasteiger partial charge in [-0.3, -0.25) is 9.69 Å². The third kappa shape index (κ3) is 5.09. The van der Waals surface area contributed by atoms with Crippen LogP contribution in [0.2, 0.25) is 0 Å². The molecular formula is C26H36Cl2N8O. The standard InChI is InChI=1S/C26H34N8O.2ClH/c1-18(2)32-10-12-33(13-11-32)20-6-7-22(27-16-20)30-25-28-15-19-14-21-24(35)29-17-26(8-4-3-5-9-26)34(21)23(19)31-25;;/h6-7,14-16,18H,3-5,8-13,17H2,1-2H3,(H,29,35)(H,27,28,30,31);2*1H. The van der Waals surface area contributed by atoms with Crippen LogP contribution in [-0.4, -0.2) is 69.1 Å². The molecule has 11 heteroatoms. The zero-order valence-corrected chi connectivity index (χ0v) is 23.1. The highest BCUT2D eigenvalue weighted by molar-refractivity contribution is 5.99. The lowest BCUT2D eigenvalue weighted by Gasteiger charge is -2.42. The summed E-state index contributed by atoms with van der Waals surface area (Å²) >= 11 is 0. The summed E-state index contributed by atoms with van der Waals surface area (Å²) in [6, 6.07) is 6.62. The summed E-state index contributed by atoms with van der Waals surface area (Å²) < 4.78 is 2.19. The van der Waals surface area contributed by atoms with E-state index in [1.54, 1.807) is 0 Å². The second-order valence-corrected chi connectivity index (χ2v) is 10.4. The molecule has 5 heterocycles. The van der Waals surface area contributed by atoms with Crippen molar-refractivity contribution in [3.05, 3.63) is 36.3 Å². The minimum absolute atomic E-state index is 0. The Morgan fingerprint density at radius 1 is 1.00 bits per heavy atom. The molecule has 0 bridgehead atoms. The normalized spacial score (nSPS) is 19.2. The molecule has 0 atom stereocenters. The molecule has 2 N–H and O–H groups in total. The fourth-order valence-corrected chi connectivity index (χ4v) is 5.98. The fourth-order valence-electron chi connectivity index (χ4n) is 5.98. The first-order valence-corrected chi connectivity index (χ1v) is 12.9. The van der Waals surface area contributed by atoms with Gasteiger partial charge in [0.2, 0.25) is 5.95 Å². The van der Waals surface area contributed by atoms with Crippen LogP contribution in [0.15, 0.2) is 30.6 Å². The molecule has 1 amide bonds. The van der Waals surface area contributed by atoms with Crippen molar-refractivity contribution < 1.29 is 4.79 Å². The molecule has 1 saturated heterocycles. The van der Waals surface area contributed by atoms with Gasteiger partial charge in [-0.05, 0) is 44.9 Å². The van der Waals surface area contributed by atoms with E-state index in [1.165, 1.54) is 19.3 Å². The highest BCUT2D eigenvalue weighted by atomic mass is 35.5. The van der Waals surface area contributed by atoms with E-state index in [9.17, 15) is 4.79 Å². The van der Waals surface area contributed by atoms with Gasteiger partial charge in [0.25, 0.3) is 5.91 Å². The molecule has 6 rings (SSSR count). The number of aromatic nitrogens is 4. The Hall–Kier alpha value is -2.62. The summed E-state index contributed by atoms with van der Waals surface area (Å²) in [6.45, 7) is 9.36. The molecule has 1 saturated carbocycles. The third-order valence-corrected chi connectivity index (χ3v) is 8.01. The molecular weight excluding hydrogens is 511 g/mol. The Balaban J connectivity index is 0.00000160. The van der Waals surface area contributed by atoms with Gasteiger partial charge < -0.3 is 20.1 Å². The number of amides is 1. The second kappa shape index (κ2) is 11.0. The summed E-state index contributed by atoms with van der Waals surface area (Å²) in [6.07, 6.45) is 9.45. The topological polar surface area (TPSA) is 91.2 Å². The van der Waals surface area contributed by atoms with Crippen molar-refractivity contribution in [2.45, 2.75) is 57.5 Å². The molecule has 3 aromatic rings. The number of nitrogens with zero attached hydrogens (tertiary/aromatic N) is 6. The van der Waals surface area contributed by atoms with Crippen molar-refractivity contribution in [2.24, 2.45) is 0 Å². The Kier molecular flexibility index (Phi) is 8.16. The number of nitrogens with one attached hydrogen (secondary N) is 2. The summed E-state index contributed by atoms with van der Waals surface area (Å²) in [7, 11) is 0. The maximum atomic E-state index is 12.7. The molecule has 0 aromatic carbocycles. The van der Waals surface area contributed by atoms with E-state index in [1.807, 2.05) is 24.5 Å². The predicted octanol–water partition coefficient (Wildman–Crippen LogP) is 4.35. The van der Waals surface area contributed by atoms with Crippen molar-refractivity contribution in [3.8, 4) is 0 Å². The van der Waals surface area contributed by atoms with Crippen LogP contribution >= 0.6 is 24.8 Å². The number of carbonyl (C=O) groups excluding carboxylic acids is 1. The average molecular weight is 548 g/mol. The highest BCUT2D eigenvalue weighted by Crippen LogP contribution is 2.40. The zero-order valence-electron chi connectivity index (χ0n) is 21.4. The minimum Gasteiger partial charge on any atom is -0.368 e. The van der Waals surface area contributed by atoms with Crippen molar-refractivity contribution in [3.63, 3.8) is 0 Å². The van der Waals surface area contributed by atoms with Crippen LogP contribution in [0.3, 0.4) is 0 Å². The SMILES string of the molecule is CC(C)N1CCN(c2ccc(Nc3ncc4cc5n(c4n3)C3(CCCCC3)CNC5=O)nc2)CC1.Cl.Cl. The van der Waals surface area contributed by atoms with Gasteiger partial charge in [-0.2, -0.15) is 4.98 Å². The predicted molar refractivity (Wildman–Crippen MR) is 152 cm³/mol. The van der Waals surface area contributed by atoms with Crippen molar-refractivity contribution in [1.29, 1.82) is 0 Å². The van der Waals surface area contributed by atoms with E-state index in [0.717, 1.165) is 55.7 Å². The smallest absolute Gasteiger partial charge is 0.268 e. The van der Waals surface area contributed by atoms with Crippen molar-refractivity contribution in [2.75, 3.05) is 42.9 Å². The number of fused-ring (bicyclic) bond motifs is 4. The molecule has 200 valence electrons. The molecule has 0 unspecified atom stereocenters. The number of pyridine rings is 1. The number of carbonyl (C=O) groups is 1. The number of piperazine rings is 1. The molecule has 0 radical (unpaired) electrons. The number of anilines is 3. The van der Waals surface area contributed by atoms with Crippen LogP contribution in [-0.2, 0) is 5.54 Å². The maximum Gasteiger partial charge on any atom is 0.268 e. The van der Waals surface area contributed by atoms with Crippen LogP contribution in [0.5, 0.6) is 0 Å². The van der Waals surface area contributed by atoms with E-state index in [2.05, 4.69) is 54.9 Å². The fraction of sp³-hybridized carbons (Fsp3) is 0.538. The van der Waals surface area contributed by atoms with E-state index in [-0.39, 0.29) is 36.3 Å². The molecule has 37 heavy (non-hydrogen) atoms. The second-order valence-electron chi connectivity index (χ2n) is 10.4. The van der Waals surface area contributed by atoms with Gasteiger partial charge in [-0.25, -0.2) is 9.97 Å². The monoisotopic (exact) mass is 546 g/mol. The van der Waals surface area contributed by atoms with Crippen LogP contribution < -0.4 is 15.5 Å². The molecule has 3 aliphatic rings. The zero-order chi connectivity index (χ0) is 24.0. The van der Waals surface area contributed by atoms with E-state index < -0.39 is 0 Å². The highest BCUT2D eigenvalue weighted by Gasteiger charge is 2.41. The van der Waals surface area contributed by atoms with Gasteiger partial charge in [-0.15, -0.1) is 24.8 Å². The van der Waals surface area contributed by atoms with Crippen LogP contribution in [0, 0.1) is 0 Å². The van der Waals surface area contributed by atoms with E-state index in [0.29, 0.717) is 30.0 Å². The molecule has 3 aromatic heterocycles. The molecule has 1 aliphatic carbocycles. The van der Waals surface area contributed by atoms with Gasteiger partial charge in [0.15, 0.2) is 0 Å². The van der Waals surface area contributed by atoms with Gasteiger partial charge >= 0.3 is 0 Å². The molecule has 1 spiro atoms. The lowest BCUT2D eigenvalue weighted by molar-refractivity contribution is 0.0833. The Morgan fingerprint density at radius 2 is 1.76 bits per heavy atom. The molecule has 9 nitrogen and oxygen atoms in total. The number of halogens is 2. The van der Waals surface area contributed by atoms with Crippen molar-refractivity contribution in [1.82, 2.24) is 29.7 Å². The maximum absolute atomic E-state index is 12.7. The summed E-state index contributed by atoms with van der Waals surface area (Å²) in [5, 5.41) is 7.29. The van der Waals surface area contributed by atoms with E-state index in [4.69, 9.17) is 4.98 Å². The average Bonchev–Trinajstić information content (AvgIpc) is 3.28. The first-order valence-electron chi connectivity index (χ1n) is 12.9. The summed E-state index contributed by atoms with van der Waals surface area (Å²) in [5.74, 6) is 1.19.